The first-order valence-corrected chi connectivity index (χ1v) is 6.34. The molecule has 3 aromatic rings. The molecule has 0 aliphatic rings. The second kappa shape index (κ2) is 4.58. The molecule has 0 atom stereocenters. The summed E-state index contributed by atoms with van der Waals surface area (Å²) in [5.41, 5.74) is 0.757. The first-order chi connectivity index (χ1) is 8.83. The van der Waals surface area contributed by atoms with Gasteiger partial charge in [-0.1, -0.05) is 18.2 Å². The number of hydrogen-bond acceptors (Lipinski definition) is 3. The minimum absolute atomic E-state index is 0.0811. The summed E-state index contributed by atoms with van der Waals surface area (Å²) in [7, 11) is 0. The maximum Gasteiger partial charge on any atom is 0.265 e. The van der Waals surface area contributed by atoms with Gasteiger partial charge in [0.2, 0.25) is 0 Å². The van der Waals surface area contributed by atoms with Gasteiger partial charge in [-0.15, -0.1) is 11.3 Å². The van der Waals surface area contributed by atoms with E-state index in [2.05, 4.69) is 10.3 Å². The molecule has 88 valence electrons. The molecule has 1 aromatic carbocycles. The SMILES string of the molecule is O=C(Nc1ccncc1)c1cc2ccccc2s1. The molecule has 0 saturated carbocycles. The van der Waals surface area contributed by atoms with Crippen LogP contribution in [0.4, 0.5) is 5.69 Å². The molecule has 4 heteroatoms. The predicted octanol–water partition coefficient (Wildman–Crippen LogP) is 3.55. The van der Waals surface area contributed by atoms with Gasteiger partial charge in [0.25, 0.3) is 5.91 Å². The Morgan fingerprint density at radius 2 is 1.89 bits per heavy atom. The average Bonchev–Trinajstić information content (AvgIpc) is 2.84. The van der Waals surface area contributed by atoms with E-state index in [0.717, 1.165) is 15.8 Å². The van der Waals surface area contributed by atoms with Crippen molar-refractivity contribution in [3.63, 3.8) is 0 Å². The maximum absolute atomic E-state index is 12.1. The van der Waals surface area contributed by atoms with Crippen molar-refractivity contribution in [2.45, 2.75) is 0 Å². The van der Waals surface area contributed by atoms with Gasteiger partial charge in [0.1, 0.15) is 0 Å². The Morgan fingerprint density at radius 1 is 1.11 bits per heavy atom. The van der Waals surface area contributed by atoms with Crippen molar-refractivity contribution >= 4 is 33.0 Å². The second-order valence-electron chi connectivity index (χ2n) is 3.84. The van der Waals surface area contributed by atoms with Gasteiger partial charge >= 0.3 is 0 Å². The molecule has 3 nitrogen and oxygen atoms in total. The van der Waals surface area contributed by atoms with Gasteiger partial charge in [0.05, 0.1) is 4.88 Å². The number of thiophene rings is 1. The van der Waals surface area contributed by atoms with E-state index in [1.807, 2.05) is 30.3 Å². The van der Waals surface area contributed by atoms with Crippen molar-refractivity contribution in [1.82, 2.24) is 4.98 Å². The molecular formula is C14H10N2OS. The van der Waals surface area contributed by atoms with Crippen LogP contribution in [-0.2, 0) is 0 Å². The monoisotopic (exact) mass is 254 g/mol. The van der Waals surface area contributed by atoms with Crippen molar-refractivity contribution in [2.24, 2.45) is 0 Å². The molecule has 1 N–H and O–H groups in total. The van der Waals surface area contributed by atoms with Gasteiger partial charge in [0, 0.05) is 22.8 Å². The number of nitrogens with zero attached hydrogens (tertiary/aromatic N) is 1. The van der Waals surface area contributed by atoms with Gasteiger partial charge in [0.15, 0.2) is 0 Å². The smallest absolute Gasteiger partial charge is 0.265 e. The first kappa shape index (κ1) is 10.9. The van der Waals surface area contributed by atoms with Crippen LogP contribution in [-0.4, -0.2) is 10.9 Å². The summed E-state index contributed by atoms with van der Waals surface area (Å²) in [6.07, 6.45) is 3.31. The molecule has 0 spiro atoms. The first-order valence-electron chi connectivity index (χ1n) is 5.53. The fourth-order valence-corrected chi connectivity index (χ4v) is 2.68. The number of fused-ring (bicyclic) bond motifs is 1. The summed E-state index contributed by atoms with van der Waals surface area (Å²) in [6.45, 7) is 0. The number of carbonyl (C=O) groups excluding carboxylic acids is 1. The second-order valence-corrected chi connectivity index (χ2v) is 4.92. The Hall–Kier alpha value is -2.20. The fourth-order valence-electron chi connectivity index (χ4n) is 1.72. The lowest BCUT2D eigenvalue weighted by molar-refractivity contribution is 0.103. The third-order valence-corrected chi connectivity index (χ3v) is 3.70. The van der Waals surface area contributed by atoms with E-state index in [9.17, 15) is 4.79 Å². The van der Waals surface area contributed by atoms with Crippen LogP contribution in [0.3, 0.4) is 0 Å². The third-order valence-electron chi connectivity index (χ3n) is 2.59. The molecule has 1 amide bonds. The van der Waals surface area contributed by atoms with Crippen LogP contribution in [0, 0.1) is 0 Å². The molecule has 0 radical (unpaired) electrons. The van der Waals surface area contributed by atoms with E-state index in [-0.39, 0.29) is 5.91 Å². The molecule has 0 fully saturated rings. The lowest BCUT2D eigenvalue weighted by atomic mass is 10.2. The largest absolute Gasteiger partial charge is 0.321 e. The van der Waals surface area contributed by atoms with Crippen molar-refractivity contribution in [2.75, 3.05) is 5.32 Å². The van der Waals surface area contributed by atoms with E-state index in [1.165, 1.54) is 11.3 Å². The van der Waals surface area contributed by atoms with Gasteiger partial charge in [-0.05, 0) is 29.7 Å². The minimum Gasteiger partial charge on any atom is -0.321 e. The number of carbonyl (C=O) groups is 1. The molecule has 0 bridgehead atoms. The molecule has 0 saturated heterocycles. The number of rotatable bonds is 2. The summed E-state index contributed by atoms with van der Waals surface area (Å²) in [5.74, 6) is -0.0811. The summed E-state index contributed by atoms with van der Waals surface area (Å²) in [5, 5.41) is 3.95. The van der Waals surface area contributed by atoms with Crippen LogP contribution in [0.5, 0.6) is 0 Å². The number of pyridine rings is 1. The standard InChI is InChI=1S/C14H10N2OS/c17-14(16-11-5-7-15-8-6-11)13-9-10-3-1-2-4-12(10)18-13/h1-9H,(H,15,16,17). The van der Waals surface area contributed by atoms with E-state index < -0.39 is 0 Å². The minimum atomic E-state index is -0.0811. The lowest BCUT2D eigenvalue weighted by Crippen LogP contribution is -2.09. The van der Waals surface area contributed by atoms with E-state index in [4.69, 9.17) is 0 Å². The van der Waals surface area contributed by atoms with Crippen molar-refractivity contribution < 1.29 is 4.79 Å². The molecular weight excluding hydrogens is 244 g/mol. The van der Waals surface area contributed by atoms with Crippen LogP contribution in [0.15, 0.2) is 54.9 Å². The quantitative estimate of drug-likeness (QED) is 0.760. The third kappa shape index (κ3) is 2.10. The predicted molar refractivity (Wildman–Crippen MR) is 74.0 cm³/mol. The fraction of sp³-hybridized carbons (Fsp3) is 0. The molecule has 2 heterocycles. The van der Waals surface area contributed by atoms with E-state index in [0.29, 0.717) is 4.88 Å². The van der Waals surface area contributed by atoms with E-state index >= 15 is 0 Å². The van der Waals surface area contributed by atoms with Gasteiger partial charge in [-0.3, -0.25) is 9.78 Å². The maximum atomic E-state index is 12.1. The van der Waals surface area contributed by atoms with Crippen molar-refractivity contribution in [1.29, 1.82) is 0 Å². The molecule has 0 aliphatic carbocycles. The van der Waals surface area contributed by atoms with Crippen LogP contribution < -0.4 is 5.32 Å². The summed E-state index contributed by atoms with van der Waals surface area (Å²) >= 11 is 1.50. The number of aromatic nitrogens is 1. The summed E-state index contributed by atoms with van der Waals surface area (Å²) < 4.78 is 1.12. The Kier molecular flexibility index (Phi) is 2.78. The highest BCUT2D eigenvalue weighted by atomic mass is 32.1. The van der Waals surface area contributed by atoms with Crippen molar-refractivity contribution in [3.05, 3.63) is 59.7 Å². The van der Waals surface area contributed by atoms with Gasteiger partial charge < -0.3 is 5.32 Å². The Bertz CT molecular complexity index is 658. The zero-order chi connectivity index (χ0) is 12.4. The van der Waals surface area contributed by atoms with Crippen LogP contribution in [0.1, 0.15) is 9.67 Å². The Morgan fingerprint density at radius 3 is 2.67 bits per heavy atom. The van der Waals surface area contributed by atoms with Crippen molar-refractivity contribution in [3.8, 4) is 0 Å². The molecule has 0 unspecified atom stereocenters. The van der Waals surface area contributed by atoms with Gasteiger partial charge in [-0.2, -0.15) is 0 Å². The Labute approximate surface area is 108 Å². The number of anilines is 1. The highest BCUT2D eigenvalue weighted by Gasteiger charge is 2.09. The highest BCUT2D eigenvalue weighted by Crippen LogP contribution is 2.25. The average molecular weight is 254 g/mol. The zero-order valence-electron chi connectivity index (χ0n) is 9.46. The van der Waals surface area contributed by atoms with Crippen LogP contribution in [0.2, 0.25) is 0 Å². The molecule has 2 aromatic heterocycles. The zero-order valence-corrected chi connectivity index (χ0v) is 10.3. The number of nitrogens with one attached hydrogen (secondary N) is 1. The van der Waals surface area contributed by atoms with E-state index in [1.54, 1.807) is 24.5 Å². The highest BCUT2D eigenvalue weighted by molar-refractivity contribution is 7.20. The number of hydrogen-bond donors (Lipinski definition) is 1. The molecule has 0 aliphatic heterocycles. The normalized spacial score (nSPS) is 10.4. The molecule has 18 heavy (non-hydrogen) atoms. The topological polar surface area (TPSA) is 42.0 Å². The lowest BCUT2D eigenvalue weighted by Gasteiger charge is -2.01. The summed E-state index contributed by atoms with van der Waals surface area (Å²) in [6, 6.07) is 13.4. The number of amides is 1. The van der Waals surface area contributed by atoms with Gasteiger partial charge in [-0.25, -0.2) is 0 Å². The molecule has 3 rings (SSSR count). The Balaban J connectivity index is 1.88. The summed E-state index contributed by atoms with van der Waals surface area (Å²) in [4.78, 5) is 16.7. The van der Waals surface area contributed by atoms with Crippen LogP contribution >= 0.6 is 11.3 Å². The number of benzene rings is 1. The van der Waals surface area contributed by atoms with Crippen LogP contribution in [0.25, 0.3) is 10.1 Å².